The highest BCUT2D eigenvalue weighted by atomic mass is 16.5. The van der Waals surface area contributed by atoms with E-state index in [1.54, 1.807) is 4.90 Å². The van der Waals surface area contributed by atoms with Crippen LogP contribution in [0.1, 0.15) is 57.4 Å². The van der Waals surface area contributed by atoms with Crippen LogP contribution in [-0.4, -0.2) is 45.9 Å². The average molecular weight is 434 g/mol. The lowest BCUT2D eigenvalue weighted by Gasteiger charge is -2.35. The second kappa shape index (κ2) is 6.99. The van der Waals surface area contributed by atoms with Gasteiger partial charge in [0.25, 0.3) is 0 Å². The lowest BCUT2D eigenvalue weighted by molar-refractivity contribution is -0.146. The van der Waals surface area contributed by atoms with Gasteiger partial charge in [0, 0.05) is 46.6 Å². The van der Waals surface area contributed by atoms with Gasteiger partial charge >= 0.3 is 0 Å². The van der Waals surface area contributed by atoms with Crippen molar-refractivity contribution in [3.05, 3.63) is 47.7 Å². The minimum Gasteiger partial charge on any atom is -0.483 e. The van der Waals surface area contributed by atoms with Crippen molar-refractivity contribution in [3.63, 3.8) is 0 Å². The van der Waals surface area contributed by atoms with E-state index >= 15 is 0 Å². The minimum atomic E-state index is -0.558. The maximum Gasteiger partial charge on any atom is 0.246 e. The second-order valence-corrected chi connectivity index (χ2v) is 10.3. The molecule has 4 heterocycles. The molecule has 2 saturated heterocycles. The van der Waals surface area contributed by atoms with Crippen molar-refractivity contribution < 1.29 is 14.3 Å². The van der Waals surface area contributed by atoms with Gasteiger partial charge in [-0.3, -0.25) is 9.59 Å². The van der Waals surface area contributed by atoms with E-state index < -0.39 is 6.04 Å². The van der Waals surface area contributed by atoms with Crippen LogP contribution in [0.2, 0.25) is 0 Å². The Labute approximate surface area is 188 Å². The normalized spacial score (nSPS) is 24.2. The molecular weight excluding hydrogens is 402 g/mol. The average Bonchev–Trinajstić information content (AvgIpc) is 3.36. The van der Waals surface area contributed by atoms with Crippen LogP contribution in [0.4, 0.5) is 0 Å². The fraction of sp³-hybridized carbons (Fsp3) is 0.462. The van der Waals surface area contributed by atoms with E-state index in [2.05, 4.69) is 48.9 Å². The monoisotopic (exact) mass is 433 g/mol. The predicted molar refractivity (Wildman–Crippen MR) is 126 cm³/mol. The van der Waals surface area contributed by atoms with Crippen molar-refractivity contribution in [2.45, 2.75) is 70.1 Å². The van der Waals surface area contributed by atoms with Crippen LogP contribution in [0.25, 0.3) is 17.0 Å². The molecule has 1 aromatic heterocycles. The minimum absolute atomic E-state index is 0.0201. The molecule has 2 N–H and O–H groups in total. The number of nitrogens with one attached hydrogen (secondary N) is 2. The topological polar surface area (TPSA) is 74.4 Å². The van der Waals surface area contributed by atoms with Crippen molar-refractivity contribution in [1.82, 2.24) is 15.2 Å². The molecule has 0 saturated carbocycles. The summed E-state index contributed by atoms with van der Waals surface area (Å²) in [4.78, 5) is 31.2. The summed E-state index contributed by atoms with van der Waals surface area (Å²) in [5, 5.41) is 4.05. The number of rotatable bonds is 4. The van der Waals surface area contributed by atoms with E-state index in [-0.39, 0.29) is 28.9 Å². The SMILES string of the molecule is C=CC(C)(C)c1[nH]c2cc3c(cc2c1C[C@H]1NC(=O)[C@H]2CCCN2C1=O)C=CC(C)(C)O3. The summed E-state index contributed by atoms with van der Waals surface area (Å²) < 4.78 is 6.17. The Morgan fingerprint density at radius 1 is 1.31 bits per heavy atom. The Morgan fingerprint density at radius 3 is 2.84 bits per heavy atom. The third-order valence-corrected chi connectivity index (χ3v) is 7.09. The number of hydrogen-bond donors (Lipinski definition) is 2. The van der Waals surface area contributed by atoms with Crippen LogP contribution in [0.5, 0.6) is 5.75 Å². The highest BCUT2D eigenvalue weighted by Gasteiger charge is 2.43. The molecule has 2 aromatic rings. The van der Waals surface area contributed by atoms with Gasteiger partial charge in [-0.1, -0.05) is 26.0 Å². The quantitative estimate of drug-likeness (QED) is 0.720. The molecule has 0 radical (unpaired) electrons. The Kier molecular flexibility index (Phi) is 4.56. The van der Waals surface area contributed by atoms with Crippen LogP contribution in [0.3, 0.4) is 0 Å². The zero-order valence-electron chi connectivity index (χ0n) is 19.2. The molecule has 2 amide bonds. The molecule has 2 atom stereocenters. The van der Waals surface area contributed by atoms with Crippen LogP contribution in [0, 0.1) is 0 Å². The first-order valence-electron chi connectivity index (χ1n) is 11.4. The summed E-state index contributed by atoms with van der Waals surface area (Å²) in [6, 6.07) is 3.30. The van der Waals surface area contributed by atoms with Gasteiger partial charge in [-0.05, 0) is 44.4 Å². The third-order valence-electron chi connectivity index (χ3n) is 7.09. The van der Waals surface area contributed by atoms with Crippen molar-refractivity contribution in [2.24, 2.45) is 0 Å². The smallest absolute Gasteiger partial charge is 0.246 e. The number of carbonyl (C=O) groups excluding carboxylic acids is 2. The van der Waals surface area contributed by atoms with Crippen LogP contribution in [-0.2, 0) is 21.4 Å². The Bertz CT molecular complexity index is 1170. The molecule has 0 bridgehead atoms. The van der Waals surface area contributed by atoms with Crippen molar-refractivity contribution in [1.29, 1.82) is 0 Å². The number of fused-ring (bicyclic) bond motifs is 3. The zero-order chi connectivity index (χ0) is 22.8. The van der Waals surface area contributed by atoms with Crippen LogP contribution >= 0.6 is 0 Å². The molecule has 3 aliphatic heterocycles. The van der Waals surface area contributed by atoms with E-state index in [1.807, 2.05) is 26.0 Å². The number of ether oxygens (including phenoxy) is 1. The fourth-order valence-electron chi connectivity index (χ4n) is 5.16. The molecular formula is C26H31N3O3. The summed E-state index contributed by atoms with van der Waals surface area (Å²) in [7, 11) is 0. The number of benzene rings is 1. The maximum atomic E-state index is 13.2. The molecule has 0 unspecified atom stereocenters. The maximum absolute atomic E-state index is 13.2. The molecule has 0 aliphatic carbocycles. The second-order valence-electron chi connectivity index (χ2n) is 10.3. The van der Waals surface area contributed by atoms with Crippen molar-refractivity contribution >= 4 is 28.8 Å². The van der Waals surface area contributed by atoms with Crippen LogP contribution < -0.4 is 10.1 Å². The highest BCUT2D eigenvalue weighted by Crippen LogP contribution is 2.39. The number of aromatic nitrogens is 1. The molecule has 5 rings (SSSR count). The summed E-state index contributed by atoms with van der Waals surface area (Å²) >= 11 is 0. The van der Waals surface area contributed by atoms with Gasteiger partial charge in [-0.25, -0.2) is 0 Å². The van der Waals surface area contributed by atoms with Gasteiger partial charge in [-0.15, -0.1) is 6.58 Å². The van der Waals surface area contributed by atoms with Crippen molar-refractivity contribution in [3.8, 4) is 5.75 Å². The summed E-state index contributed by atoms with van der Waals surface area (Å²) in [6.45, 7) is 13.0. The molecule has 3 aliphatic rings. The number of hydrogen-bond acceptors (Lipinski definition) is 3. The molecule has 0 spiro atoms. The molecule has 168 valence electrons. The van der Waals surface area contributed by atoms with Gasteiger partial charge in [-0.2, -0.15) is 0 Å². The lowest BCUT2D eigenvalue weighted by Crippen LogP contribution is -2.61. The molecule has 1 aromatic carbocycles. The number of piperazine rings is 1. The van der Waals surface area contributed by atoms with E-state index in [4.69, 9.17) is 4.74 Å². The lowest BCUT2D eigenvalue weighted by atomic mass is 9.84. The van der Waals surface area contributed by atoms with Gasteiger partial charge in [0.1, 0.15) is 23.4 Å². The van der Waals surface area contributed by atoms with E-state index in [1.165, 1.54) is 0 Å². The van der Waals surface area contributed by atoms with E-state index in [0.717, 1.165) is 46.3 Å². The largest absolute Gasteiger partial charge is 0.483 e. The summed E-state index contributed by atoms with van der Waals surface area (Å²) in [5.41, 5.74) is 3.34. The van der Waals surface area contributed by atoms with Crippen molar-refractivity contribution in [2.75, 3.05) is 6.54 Å². The van der Waals surface area contributed by atoms with Gasteiger partial charge in [0.05, 0.1) is 0 Å². The Hall–Kier alpha value is -3.02. The fourth-order valence-corrected chi connectivity index (χ4v) is 5.16. The summed E-state index contributed by atoms with van der Waals surface area (Å²) in [6.07, 6.45) is 8.14. The van der Waals surface area contributed by atoms with Crippen LogP contribution in [0.15, 0.2) is 30.9 Å². The van der Waals surface area contributed by atoms with Gasteiger partial charge in [0.15, 0.2) is 0 Å². The third kappa shape index (κ3) is 3.24. The number of nitrogens with zero attached hydrogens (tertiary/aromatic N) is 1. The number of allylic oxidation sites excluding steroid dienone is 1. The number of amides is 2. The summed E-state index contributed by atoms with van der Waals surface area (Å²) in [5.74, 6) is 0.821. The Balaban J connectivity index is 1.60. The molecule has 32 heavy (non-hydrogen) atoms. The zero-order valence-corrected chi connectivity index (χ0v) is 19.2. The molecule has 2 fully saturated rings. The standard InChI is InChI=1S/C26H31N3O3/c1-6-25(2,3)22-17(13-19-24(31)29-11-7-8-20(29)23(30)28-19)16-12-15-9-10-26(4,5)32-21(15)14-18(16)27-22/h6,9-10,12,14,19-20,27H,1,7-8,11,13H2,2-5H3,(H,28,30)/t19-,20-/m1/s1. The Morgan fingerprint density at radius 2 is 2.09 bits per heavy atom. The first kappa shape index (κ1) is 20.9. The first-order chi connectivity index (χ1) is 15.1. The van der Waals surface area contributed by atoms with Gasteiger partial charge < -0.3 is 19.9 Å². The predicted octanol–water partition coefficient (Wildman–Crippen LogP) is 3.85. The van der Waals surface area contributed by atoms with E-state index in [9.17, 15) is 9.59 Å². The number of aromatic amines is 1. The molecule has 6 heteroatoms. The first-order valence-corrected chi connectivity index (χ1v) is 11.4. The number of carbonyl (C=O) groups is 2. The van der Waals surface area contributed by atoms with E-state index in [0.29, 0.717) is 13.0 Å². The highest BCUT2D eigenvalue weighted by molar-refractivity contribution is 5.98. The number of H-pyrrole nitrogens is 1. The molecule has 6 nitrogen and oxygen atoms in total. The van der Waals surface area contributed by atoms with Gasteiger partial charge in [0.2, 0.25) is 11.8 Å².